The SMILES string of the molecule is c1ccc(-n2nnc(CC3CCNCC3)n2)cc1. The third kappa shape index (κ3) is 2.56. The molecule has 5 heteroatoms. The molecule has 2 heterocycles. The Morgan fingerprint density at radius 3 is 2.72 bits per heavy atom. The van der Waals surface area contributed by atoms with E-state index in [9.17, 15) is 0 Å². The number of hydrogen-bond donors (Lipinski definition) is 1. The molecule has 94 valence electrons. The van der Waals surface area contributed by atoms with E-state index < -0.39 is 0 Å². The van der Waals surface area contributed by atoms with Crippen LogP contribution in [0.3, 0.4) is 0 Å². The number of piperidine rings is 1. The lowest BCUT2D eigenvalue weighted by Crippen LogP contribution is -2.28. The third-order valence-electron chi connectivity index (χ3n) is 3.37. The van der Waals surface area contributed by atoms with E-state index in [0.717, 1.165) is 31.0 Å². The average molecular weight is 243 g/mol. The van der Waals surface area contributed by atoms with E-state index in [2.05, 4.69) is 20.7 Å². The maximum Gasteiger partial charge on any atom is 0.175 e. The van der Waals surface area contributed by atoms with Crippen molar-refractivity contribution in [3.63, 3.8) is 0 Å². The lowest BCUT2D eigenvalue weighted by atomic mass is 9.94. The predicted molar refractivity (Wildman–Crippen MR) is 68.5 cm³/mol. The molecule has 0 amide bonds. The smallest absolute Gasteiger partial charge is 0.175 e. The highest BCUT2D eigenvalue weighted by molar-refractivity contribution is 5.27. The fourth-order valence-electron chi connectivity index (χ4n) is 2.34. The summed E-state index contributed by atoms with van der Waals surface area (Å²) in [5, 5.41) is 16.1. The standard InChI is InChI=1S/C13H17N5/c1-2-4-12(5-3-1)18-16-13(15-17-18)10-11-6-8-14-9-7-11/h1-5,11,14H,6-10H2. The van der Waals surface area contributed by atoms with Crippen molar-refractivity contribution < 1.29 is 0 Å². The molecular formula is C13H17N5. The molecule has 0 aliphatic carbocycles. The quantitative estimate of drug-likeness (QED) is 0.880. The van der Waals surface area contributed by atoms with Gasteiger partial charge >= 0.3 is 0 Å². The monoisotopic (exact) mass is 243 g/mol. The van der Waals surface area contributed by atoms with Crippen LogP contribution in [0.15, 0.2) is 30.3 Å². The minimum Gasteiger partial charge on any atom is -0.317 e. The fourth-order valence-corrected chi connectivity index (χ4v) is 2.34. The molecule has 0 unspecified atom stereocenters. The van der Waals surface area contributed by atoms with Gasteiger partial charge in [-0.2, -0.15) is 0 Å². The summed E-state index contributed by atoms with van der Waals surface area (Å²) in [5.41, 5.74) is 0.960. The first-order valence-electron chi connectivity index (χ1n) is 6.47. The highest BCUT2D eigenvalue weighted by atomic mass is 15.6. The third-order valence-corrected chi connectivity index (χ3v) is 3.37. The summed E-state index contributed by atoms with van der Waals surface area (Å²) in [6, 6.07) is 9.90. The van der Waals surface area contributed by atoms with Crippen LogP contribution in [-0.2, 0) is 6.42 Å². The van der Waals surface area contributed by atoms with Gasteiger partial charge in [-0.15, -0.1) is 15.0 Å². The van der Waals surface area contributed by atoms with Gasteiger partial charge in [-0.1, -0.05) is 18.2 Å². The second-order valence-corrected chi connectivity index (χ2v) is 4.73. The molecule has 0 bridgehead atoms. The molecule has 3 rings (SSSR count). The largest absolute Gasteiger partial charge is 0.317 e. The Morgan fingerprint density at radius 2 is 1.94 bits per heavy atom. The summed E-state index contributed by atoms with van der Waals surface area (Å²) in [6.45, 7) is 2.22. The first kappa shape index (κ1) is 11.3. The zero-order valence-electron chi connectivity index (χ0n) is 10.3. The molecular weight excluding hydrogens is 226 g/mol. The van der Waals surface area contributed by atoms with Crippen molar-refractivity contribution in [1.82, 2.24) is 25.5 Å². The van der Waals surface area contributed by atoms with E-state index in [4.69, 9.17) is 0 Å². The van der Waals surface area contributed by atoms with E-state index >= 15 is 0 Å². The highest BCUT2D eigenvalue weighted by Gasteiger charge is 2.16. The van der Waals surface area contributed by atoms with Crippen molar-refractivity contribution in [2.75, 3.05) is 13.1 Å². The molecule has 0 saturated carbocycles. The van der Waals surface area contributed by atoms with Gasteiger partial charge in [-0.3, -0.25) is 0 Å². The lowest BCUT2D eigenvalue weighted by molar-refractivity contribution is 0.367. The Bertz CT molecular complexity index is 487. The molecule has 5 nitrogen and oxygen atoms in total. The Kier molecular flexibility index (Phi) is 3.32. The van der Waals surface area contributed by atoms with Gasteiger partial charge in [0, 0.05) is 6.42 Å². The first-order valence-corrected chi connectivity index (χ1v) is 6.47. The van der Waals surface area contributed by atoms with Gasteiger partial charge in [0.05, 0.1) is 5.69 Å². The van der Waals surface area contributed by atoms with Crippen LogP contribution < -0.4 is 5.32 Å². The molecule has 1 aliphatic heterocycles. The zero-order chi connectivity index (χ0) is 12.2. The number of rotatable bonds is 3. The summed E-state index contributed by atoms with van der Waals surface area (Å²) in [7, 11) is 0. The number of tetrazole rings is 1. The Balaban J connectivity index is 1.69. The highest BCUT2D eigenvalue weighted by Crippen LogP contribution is 2.15. The van der Waals surface area contributed by atoms with Crippen LogP contribution in [-0.4, -0.2) is 33.3 Å². The zero-order valence-corrected chi connectivity index (χ0v) is 10.3. The van der Waals surface area contributed by atoms with Crippen molar-refractivity contribution in [3.05, 3.63) is 36.2 Å². The van der Waals surface area contributed by atoms with Gasteiger partial charge in [0.25, 0.3) is 0 Å². The molecule has 0 radical (unpaired) electrons. The first-order chi connectivity index (χ1) is 8.92. The van der Waals surface area contributed by atoms with Gasteiger partial charge in [-0.25, -0.2) is 0 Å². The van der Waals surface area contributed by atoms with Crippen LogP contribution in [0.25, 0.3) is 5.69 Å². The molecule has 1 aromatic heterocycles. The number of benzene rings is 1. The summed E-state index contributed by atoms with van der Waals surface area (Å²) in [4.78, 5) is 1.61. The predicted octanol–water partition coefficient (Wildman–Crippen LogP) is 1.20. The van der Waals surface area contributed by atoms with Gasteiger partial charge in [0.2, 0.25) is 0 Å². The minimum absolute atomic E-state index is 0.694. The van der Waals surface area contributed by atoms with Crippen LogP contribution in [0.5, 0.6) is 0 Å². The van der Waals surface area contributed by atoms with Crippen molar-refractivity contribution in [2.45, 2.75) is 19.3 Å². The normalized spacial score (nSPS) is 16.9. The van der Waals surface area contributed by atoms with Crippen molar-refractivity contribution >= 4 is 0 Å². The number of nitrogens with zero attached hydrogens (tertiary/aromatic N) is 4. The molecule has 1 fully saturated rings. The molecule has 2 aromatic rings. The lowest BCUT2D eigenvalue weighted by Gasteiger charge is -2.20. The second-order valence-electron chi connectivity index (χ2n) is 4.73. The Labute approximate surface area is 106 Å². The number of aromatic nitrogens is 4. The number of hydrogen-bond acceptors (Lipinski definition) is 4. The summed E-state index contributed by atoms with van der Waals surface area (Å²) < 4.78 is 0. The van der Waals surface area contributed by atoms with E-state index in [1.54, 1.807) is 4.80 Å². The number of nitrogens with one attached hydrogen (secondary N) is 1. The average Bonchev–Trinajstić information content (AvgIpc) is 2.89. The molecule has 1 aromatic carbocycles. The minimum atomic E-state index is 0.694. The topological polar surface area (TPSA) is 55.6 Å². The molecule has 1 aliphatic rings. The fraction of sp³-hybridized carbons (Fsp3) is 0.462. The molecule has 1 saturated heterocycles. The van der Waals surface area contributed by atoms with Crippen LogP contribution in [0.4, 0.5) is 0 Å². The van der Waals surface area contributed by atoms with Gasteiger partial charge in [0.1, 0.15) is 0 Å². The number of para-hydroxylation sites is 1. The van der Waals surface area contributed by atoms with Crippen molar-refractivity contribution in [2.24, 2.45) is 5.92 Å². The molecule has 0 atom stereocenters. The van der Waals surface area contributed by atoms with Gasteiger partial charge in [0.15, 0.2) is 5.82 Å². The maximum absolute atomic E-state index is 4.45. The van der Waals surface area contributed by atoms with Crippen LogP contribution >= 0.6 is 0 Å². The van der Waals surface area contributed by atoms with E-state index in [1.807, 2.05) is 30.3 Å². The molecule has 0 spiro atoms. The van der Waals surface area contributed by atoms with Crippen LogP contribution in [0.1, 0.15) is 18.7 Å². The van der Waals surface area contributed by atoms with Crippen LogP contribution in [0.2, 0.25) is 0 Å². The van der Waals surface area contributed by atoms with Crippen molar-refractivity contribution in [3.8, 4) is 5.69 Å². The second kappa shape index (κ2) is 5.27. The van der Waals surface area contributed by atoms with E-state index in [0.29, 0.717) is 5.92 Å². The Morgan fingerprint density at radius 1 is 1.17 bits per heavy atom. The molecule has 18 heavy (non-hydrogen) atoms. The van der Waals surface area contributed by atoms with E-state index in [-0.39, 0.29) is 0 Å². The summed E-state index contributed by atoms with van der Waals surface area (Å²) in [6.07, 6.45) is 3.36. The van der Waals surface area contributed by atoms with Gasteiger partial charge < -0.3 is 5.32 Å². The summed E-state index contributed by atoms with van der Waals surface area (Å²) in [5.74, 6) is 1.55. The van der Waals surface area contributed by atoms with Crippen molar-refractivity contribution in [1.29, 1.82) is 0 Å². The Hall–Kier alpha value is -1.75. The van der Waals surface area contributed by atoms with Crippen LogP contribution in [0, 0.1) is 5.92 Å². The van der Waals surface area contributed by atoms with Gasteiger partial charge in [-0.05, 0) is 49.2 Å². The summed E-state index contributed by atoms with van der Waals surface area (Å²) >= 11 is 0. The molecule has 1 N–H and O–H groups in total. The van der Waals surface area contributed by atoms with E-state index in [1.165, 1.54) is 12.8 Å². The maximum atomic E-state index is 4.45.